The molecule has 0 fully saturated rings. The number of hydrogen-bond acceptors (Lipinski definition) is 10. The number of H-pyrrole nitrogens is 2. The van der Waals surface area contributed by atoms with Crippen LogP contribution in [0.2, 0.25) is 0 Å². The SMILES string of the molecule is C=CC1=C(C)/C(=C/c2[nH]c(Cc3[nH]c(/C=C4\NC(=O)C(C)=C4C=C)c(C)c3CCC([O-])=NCCS(=O)(=O)O)c(CCC([O-])=NCCS(=O)(=O)O)c2C)NC1=O.[Na+].[Na+]. The second-order valence-electron chi connectivity index (χ2n) is 13.1. The molecule has 2 aliphatic rings. The van der Waals surface area contributed by atoms with Crippen LogP contribution in [0.4, 0.5) is 0 Å². The predicted octanol–water partition coefficient (Wildman–Crippen LogP) is -4.34. The van der Waals surface area contributed by atoms with Gasteiger partial charge in [0.2, 0.25) is 0 Å². The molecule has 4 rings (SSSR count). The average Bonchev–Trinajstić information content (AvgIpc) is 3.73. The first kappa shape index (κ1) is 49.8. The number of allylic oxidation sites excluding steroid dienone is 2. The van der Waals surface area contributed by atoms with Crippen molar-refractivity contribution in [3.8, 4) is 0 Å². The molecule has 0 radical (unpaired) electrons. The Bertz CT molecular complexity index is 2350. The number of aromatic nitrogens is 2. The van der Waals surface area contributed by atoms with Crippen molar-refractivity contribution in [3.05, 3.63) is 104 Å². The maximum absolute atomic E-state index is 12.7. The topological polar surface area (TPSA) is 269 Å². The molecule has 2 aromatic heterocycles. The standard InChI is InChI=1S/C37H46N6O10S2.2Na/c1-7-24-23(6)36(46)43-31(24)18-29-22(5)27(10-12-35(45)39-14-16-55(51,52)53)33(41-29)19-32-26(9-11-34(44)38-13-15-54(48,49)50)21(4)28(40-32)17-30-20(3)25(8-2)37(47)42-30;;/h7-8,17-18,40-41H,1-2,9-16,19H2,3-6H3,(H,38,44)(H,39,45)(H,42,47)(H,43,46)(H,48,49,50)(H,51,52,53);;/q;2*+1/p-2/b30-17-,31-18-;;. The van der Waals surface area contributed by atoms with Crippen LogP contribution in [0.25, 0.3) is 12.2 Å². The van der Waals surface area contributed by atoms with Gasteiger partial charge in [-0.1, -0.05) is 25.3 Å². The molecular weight excluding hydrogens is 799 g/mol. The number of hydrogen-bond donors (Lipinski definition) is 6. The first-order valence-corrected chi connectivity index (χ1v) is 20.4. The molecule has 0 bridgehead atoms. The van der Waals surface area contributed by atoms with Crippen LogP contribution in [-0.2, 0) is 49.1 Å². The van der Waals surface area contributed by atoms with Crippen molar-refractivity contribution in [2.75, 3.05) is 24.6 Å². The van der Waals surface area contributed by atoms with Crippen LogP contribution in [-0.4, -0.2) is 84.1 Å². The first-order valence-electron chi connectivity index (χ1n) is 17.2. The maximum atomic E-state index is 12.7. The summed E-state index contributed by atoms with van der Waals surface area (Å²) >= 11 is 0. The molecule has 6 N–H and O–H groups in total. The van der Waals surface area contributed by atoms with Crippen LogP contribution in [0.3, 0.4) is 0 Å². The number of amides is 2. The summed E-state index contributed by atoms with van der Waals surface area (Å²) in [6.07, 6.45) is 7.07. The van der Waals surface area contributed by atoms with Crippen molar-refractivity contribution >= 4 is 56.0 Å². The van der Waals surface area contributed by atoms with Crippen LogP contribution in [0.5, 0.6) is 0 Å². The summed E-state index contributed by atoms with van der Waals surface area (Å²) in [6.45, 7) is 13.9. The minimum Gasteiger partial charge on any atom is -0.862 e. The Morgan fingerprint density at radius 2 is 1.11 bits per heavy atom. The number of aromatic amines is 2. The fraction of sp³-hybridized carbons (Fsp3) is 0.351. The monoisotopic (exact) mass is 842 g/mol. The molecule has 16 nitrogen and oxygen atoms in total. The normalized spacial score (nSPS) is 16.6. The summed E-state index contributed by atoms with van der Waals surface area (Å²) in [5.74, 6) is -3.06. The molecule has 2 amide bonds. The molecule has 0 atom stereocenters. The van der Waals surface area contributed by atoms with E-state index >= 15 is 0 Å². The fourth-order valence-corrected chi connectivity index (χ4v) is 6.98. The fourth-order valence-electron chi connectivity index (χ4n) is 6.34. The van der Waals surface area contributed by atoms with Gasteiger partial charge in [0.05, 0.1) is 30.3 Å². The summed E-state index contributed by atoms with van der Waals surface area (Å²) in [5.41, 5.74) is 9.03. The number of aliphatic imine (C=N–C) groups is 2. The smallest absolute Gasteiger partial charge is 0.862 e. The van der Waals surface area contributed by atoms with Crippen molar-refractivity contribution in [1.82, 2.24) is 20.6 Å². The zero-order valence-corrected chi connectivity index (χ0v) is 38.6. The minimum atomic E-state index is -4.30. The zero-order valence-electron chi connectivity index (χ0n) is 33.0. The second kappa shape index (κ2) is 21.1. The molecule has 0 unspecified atom stereocenters. The molecule has 57 heavy (non-hydrogen) atoms. The third kappa shape index (κ3) is 13.4. The van der Waals surface area contributed by atoms with E-state index in [1.165, 1.54) is 6.08 Å². The van der Waals surface area contributed by atoms with Gasteiger partial charge in [-0.15, -0.1) is 0 Å². The van der Waals surface area contributed by atoms with Gasteiger partial charge in [-0.05, 0) is 105 Å². The third-order valence-corrected chi connectivity index (χ3v) is 10.8. The van der Waals surface area contributed by atoms with E-state index in [4.69, 9.17) is 9.11 Å². The molecular formula is C37H44N6Na2O10S2. The first-order chi connectivity index (χ1) is 25.7. The Balaban J connectivity index is 0.00000561. The molecule has 0 saturated carbocycles. The molecule has 2 aromatic rings. The minimum absolute atomic E-state index is 0. The van der Waals surface area contributed by atoms with Gasteiger partial charge >= 0.3 is 59.1 Å². The van der Waals surface area contributed by atoms with Gasteiger partial charge < -0.3 is 40.8 Å². The van der Waals surface area contributed by atoms with E-state index in [1.54, 1.807) is 32.1 Å². The Hall–Kier alpha value is -3.30. The van der Waals surface area contributed by atoms with E-state index in [0.29, 0.717) is 56.5 Å². The van der Waals surface area contributed by atoms with Crippen molar-refractivity contribution in [2.24, 2.45) is 9.98 Å². The Labute approximate surface area is 376 Å². The van der Waals surface area contributed by atoms with Crippen LogP contribution in [0, 0.1) is 13.8 Å². The van der Waals surface area contributed by atoms with Crippen LogP contribution >= 0.6 is 0 Å². The summed E-state index contributed by atoms with van der Waals surface area (Å²) in [6, 6.07) is 0. The van der Waals surface area contributed by atoms with Crippen molar-refractivity contribution in [1.29, 1.82) is 0 Å². The molecule has 0 aliphatic carbocycles. The van der Waals surface area contributed by atoms with E-state index in [2.05, 4.69) is 43.7 Å². The van der Waals surface area contributed by atoms with Gasteiger partial charge in [0, 0.05) is 51.6 Å². The molecule has 20 heteroatoms. The van der Waals surface area contributed by atoms with Gasteiger partial charge in [0.1, 0.15) is 0 Å². The van der Waals surface area contributed by atoms with Gasteiger partial charge in [0.25, 0.3) is 32.1 Å². The van der Waals surface area contributed by atoms with Crippen LogP contribution < -0.4 is 80.0 Å². The van der Waals surface area contributed by atoms with E-state index in [1.807, 2.05) is 13.8 Å². The third-order valence-electron chi connectivity index (χ3n) is 9.39. The summed E-state index contributed by atoms with van der Waals surface area (Å²) in [7, 11) is -8.59. The average molecular weight is 843 g/mol. The number of carbonyl (C=O) groups is 2. The van der Waals surface area contributed by atoms with Gasteiger partial charge in [-0.2, -0.15) is 16.8 Å². The second-order valence-corrected chi connectivity index (χ2v) is 16.2. The van der Waals surface area contributed by atoms with Crippen molar-refractivity contribution in [3.63, 3.8) is 0 Å². The van der Waals surface area contributed by atoms with E-state index in [9.17, 15) is 36.6 Å². The van der Waals surface area contributed by atoms with E-state index < -0.39 is 56.6 Å². The Morgan fingerprint density at radius 3 is 1.51 bits per heavy atom. The van der Waals surface area contributed by atoms with Crippen molar-refractivity contribution in [2.45, 2.75) is 59.8 Å². The molecule has 2 aliphatic heterocycles. The van der Waals surface area contributed by atoms with Crippen LogP contribution in [0.15, 0.2) is 69.0 Å². The van der Waals surface area contributed by atoms with Gasteiger partial charge in [-0.25, -0.2) is 0 Å². The molecule has 0 aromatic carbocycles. The van der Waals surface area contributed by atoms with E-state index in [0.717, 1.165) is 22.3 Å². The summed E-state index contributed by atoms with van der Waals surface area (Å²) in [5, 5.41) is 31.1. The number of nitrogens with one attached hydrogen (secondary N) is 4. The molecule has 296 valence electrons. The van der Waals surface area contributed by atoms with E-state index in [-0.39, 0.29) is 103 Å². The Kier molecular flexibility index (Phi) is 18.5. The maximum Gasteiger partial charge on any atom is 1.00 e. The van der Waals surface area contributed by atoms with Crippen molar-refractivity contribution < 1.29 is 105 Å². The zero-order chi connectivity index (χ0) is 40.8. The number of nitrogens with zero attached hydrogens (tertiary/aromatic N) is 2. The Morgan fingerprint density at radius 1 is 0.684 bits per heavy atom. The molecule has 0 saturated heterocycles. The molecule has 4 heterocycles. The quantitative estimate of drug-likeness (QED) is 0.0364. The van der Waals surface area contributed by atoms with Crippen LogP contribution in [0.1, 0.15) is 71.7 Å². The van der Waals surface area contributed by atoms with Gasteiger partial charge in [0.15, 0.2) is 0 Å². The van der Waals surface area contributed by atoms with Gasteiger partial charge in [-0.3, -0.25) is 18.7 Å². The number of carbonyl (C=O) groups excluding carboxylic acids is 2. The molecule has 0 spiro atoms. The number of rotatable bonds is 18. The summed E-state index contributed by atoms with van der Waals surface area (Å²) < 4.78 is 62.5. The largest absolute Gasteiger partial charge is 1.00 e. The predicted molar refractivity (Wildman–Crippen MR) is 206 cm³/mol. The summed E-state index contributed by atoms with van der Waals surface area (Å²) in [4.78, 5) is 39.4.